The normalized spacial score (nSPS) is 16.2. The lowest BCUT2D eigenvalue weighted by Crippen LogP contribution is -2.40. The summed E-state index contributed by atoms with van der Waals surface area (Å²) in [6, 6.07) is 3.26. The van der Waals surface area contributed by atoms with Crippen LogP contribution in [0.1, 0.15) is 49.1 Å². The molecule has 0 bridgehead atoms. The van der Waals surface area contributed by atoms with Crippen molar-refractivity contribution in [3.63, 3.8) is 0 Å². The molecule has 1 aromatic rings. The van der Waals surface area contributed by atoms with E-state index < -0.39 is 0 Å². The Kier molecular flexibility index (Phi) is 8.12. The van der Waals surface area contributed by atoms with Crippen molar-refractivity contribution >= 4 is 24.2 Å². The minimum Gasteiger partial charge on any atom is -0.459 e. The highest BCUT2D eigenvalue weighted by atomic mass is 35.5. The quantitative estimate of drug-likeness (QED) is 0.658. The summed E-state index contributed by atoms with van der Waals surface area (Å²) in [6.07, 6.45) is 7.55. The van der Waals surface area contributed by atoms with Crippen molar-refractivity contribution in [3.8, 4) is 0 Å². The van der Waals surface area contributed by atoms with E-state index in [9.17, 15) is 9.59 Å². The van der Waals surface area contributed by atoms with Crippen molar-refractivity contribution in [2.75, 3.05) is 19.6 Å². The molecule has 1 saturated carbocycles. The van der Waals surface area contributed by atoms with Crippen molar-refractivity contribution in [2.24, 2.45) is 11.1 Å². The van der Waals surface area contributed by atoms with E-state index >= 15 is 0 Å². The van der Waals surface area contributed by atoms with Crippen LogP contribution in [0.15, 0.2) is 22.8 Å². The number of amides is 2. The number of hydrogen-bond acceptors (Lipinski definition) is 4. The Morgan fingerprint density at radius 1 is 1.17 bits per heavy atom. The van der Waals surface area contributed by atoms with Gasteiger partial charge in [0.15, 0.2) is 5.76 Å². The monoisotopic (exact) mass is 343 g/mol. The largest absolute Gasteiger partial charge is 0.459 e. The van der Waals surface area contributed by atoms with Gasteiger partial charge in [-0.25, -0.2) is 0 Å². The first-order chi connectivity index (χ1) is 10.7. The summed E-state index contributed by atoms with van der Waals surface area (Å²) in [5, 5.41) is 5.55. The highest BCUT2D eigenvalue weighted by Crippen LogP contribution is 2.38. The van der Waals surface area contributed by atoms with Crippen LogP contribution >= 0.6 is 12.4 Å². The zero-order valence-electron chi connectivity index (χ0n) is 13.3. The van der Waals surface area contributed by atoms with Crippen molar-refractivity contribution in [3.05, 3.63) is 24.2 Å². The Morgan fingerprint density at radius 3 is 2.48 bits per heavy atom. The first-order valence-electron chi connectivity index (χ1n) is 7.94. The number of nitrogens with two attached hydrogens (primary N) is 1. The van der Waals surface area contributed by atoms with Crippen LogP contribution in [0.5, 0.6) is 0 Å². The molecule has 0 aliphatic heterocycles. The molecule has 130 valence electrons. The summed E-state index contributed by atoms with van der Waals surface area (Å²) in [5.41, 5.74) is 5.86. The maximum atomic E-state index is 12.1. The van der Waals surface area contributed by atoms with Crippen molar-refractivity contribution in [2.45, 2.75) is 38.5 Å². The van der Waals surface area contributed by atoms with Crippen LogP contribution in [-0.2, 0) is 4.79 Å². The zero-order valence-corrected chi connectivity index (χ0v) is 14.1. The van der Waals surface area contributed by atoms with E-state index in [-0.39, 0.29) is 35.4 Å². The van der Waals surface area contributed by atoms with E-state index in [1.165, 1.54) is 12.7 Å². The van der Waals surface area contributed by atoms with E-state index in [0.717, 1.165) is 25.7 Å². The maximum absolute atomic E-state index is 12.1. The number of nitrogens with one attached hydrogen (secondary N) is 2. The predicted molar refractivity (Wildman–Crippen MR) is 90.5 cm³/mol. The molecule has 0 saturated heterocycles. The summed E-state index contributed by atoms with van der Waals surface area (Å²) in [5.74, 6) is 0.0140. The molecule has 23 heavy (non-hydrogen) atoms. The van der Waals surface area contributed by atoms with Gasteiger partial charge in [0.2, 0.25) is 5.91 Å². The van der Waals surface area contributed by atoms with Gasteiger partial charge in [-0.05, 0) is 36.9 Å². The average molecular weight is 344 g/mol. The Bertz CT molecular complexity index is 485. The maximum Gasteiger partial charge on any atom is 0.287 e. The molecule has 4 N–H and O–H groups in total. The second-order valence-electron chi connectivity index (χ2n) is 6.02. The second-order valence-corrected chi connectivity index (χ2v) is 6.02. The van der Waals surface area contributed by atoms with Gasteiger partial charge in [0.1, 0.15) is 0 Å². The van der Waals surface area contributed by atoms with Crippen LogP contribution in [0.4, 0.5) is 0 Å². The molecular weight excluding hydrogens is 318 g/mol. The highest BCUT2D eigenvalue weighted by Gasteiger charge is 2.32. The average Bonchev–Trinajstić information content (AvgIpc) is 3.07. The number of carbonyl (C=O) groups excluding carboxylic acids is 2. The van der Waals surface area contributed by atoms with Crippen molar-refractivity contribution in [1.29, 1.82) is 0 Å². The molecule has 1 heterocycles. The van der Waals surface area contributed by atoms with E-state index in [4.69, 9.17) is 10.2 Å². The lowest BCUT2D eigenvalue weighted by molar-refractivity contribution is -0.123. The molecular formula is C16H26ClN3O3. The first kappa shape index (κ1) is 19.5. The Morgan fingerprint density at radius 2 is 1.87 bits per heavy atom. The third-order valence-corrected chi connectivity index (χ3v) is 4.36. The van der Waals surface area contributed by atoms with Gasteiger partial charge in [0, 0.05) is 19.5 Å². The lowest BCUT2D eigenvalue weighted by Gasteiger charge is -2.35. The van der Waals surface area contributed by atoms with Crippen LogP contribution in [0.2, 0.25) is 0 Å². The fraction of sp³-hybridized carbons (Fsp3) is 0.625. The van der Waals surface area contributed by atoms with Gasteiger partial charge in [0.25, 0.3) is 5.91 Å². The smallest absolute Gasteiger partial charge is 0.287 e. The van der Waals surface area contributed by atoms with Gasteiger partial charge >= 0.3 is 0 Å². The standard InChI is InChI=1S/C16H25N3O3.ClH/c17-12-16(6-2-1-3-7-16)11-14(20)18-8-9-19-15(21)13-5-4-10-22-13;/h4-5,10H,1-3,6-9,11-12,17H2,(H,18,20)(H,19,21);1H. The van der Waals surface area contributed by atoms with E-state index in [2.05, 4.69) is 10.6 Å². The number of hydrogen-bond donors (Lipinski definition) is 3. The van der Waals surface area contributed by atoms with Crippen molar-refractivity contribution < 1.29 is 14.0 Å². The summed E-state index contributed by atoms with van der Waals surface area (Å²) >= 11 is 0. The molecule has 0 spiro atoms. The number of carbonyl (C=O) groups is 2. The fourth-order valence-corrected chi connectivity index (χ4v) is 3.03. The summed E-state index contributed by atoms with van der Waals surface area (Å²) in [4.78, 5) is 23.7. The SMILES string of the molecule is Cl.NCC1(CC(=O)NCCNC(=O)c2ccco2)CCCCC1. The highest BCUT2D eigenvalue weighted by molar-refractivity contribution is 5.91. The predicted octanol–water partition coefficient (Wildman–Crippen LogP) is 1.85. The molecule has 0 aromatic carbocycles. The molecule has 6 nitrogen and oxygen atoms in total. The van der Waals surface area contributed by atoms with Gasteiger partial charge in [0.05, 0.1) is 6.26 Å². The number of furan rings is 1. The molecule has 2 amide bonds. The molecule has 1 fully saturated rings. The Labute approximate surface area is 143 Å². The molecule has 1 aliphatic carbocycles. The molecule has 1 aliphatic rings. The van der Waals surface area contributed by atoms with Crippen LogP contribution in [0.3, 0.4) is 0 Å². The minimum absolute atomic E-state index is 0. The molecule has 0 radical (unpaired) electrons. The number of rotatable bonds is 7. The van der Waals surface area contributed by atoms with Crippen LogP contribution in [0, 0.1) is 5.41 Å². The molecule has 7 heteroatoms. The summed E-state index contributed by atoms with van der Waals surface area (Å²) in [7, 11) is 0. The van der Waals surface area contributed by atoms with Gasteiger partial charge in [-0.15, -0.1) is 12.4 Å². The number of halogens is 1. The molecule has 1 aromatic heterocycles. The van der Waals surface area contributed by atoms with Crippen LogP contribution < -0.4 is 16.4 Å². The Hall–Kier alpha value is -1.53. The summed E-state index contributed by atoms with van der Waals surface area (Å²) < 4.78 is 4.99. The second kappa shape index (κ2) is 9.57. The third-order valence-electron chi connectivity index (χ3n) is 4.36. The van der Waals surface area contributed by atoms with E-state index in [1.54, 1.807) is 12.1 Å². The van der Waals surface area contributed by atoms with Crippen LogP contribution in [0.25, 0.3) is 0 Å². The van der Waals surface area contributed by atoms with Gasteiger partial charge in [-0.3, -0.25) is 9.59 Å². The fourth-order valence-electron chi connectivity index (χ4n) is 3.03. The van der Waals surface area contributed by atoms with Crippen molar-refractivity contribution in [1.82, 2.24) is 10.6 Å². The molecule has 0 atom stereocenters. The van der Waals surface area contributed by atoms with Crippen LogP contribution in [-0.4, -0.2) is 31.4 Å². The van der Waals surface area contributed by atoms with Gasteiger partial charge in [-0.2, -0.15) is 0 Å². The lowest BCUT2D eigenvalue weighted by atomic mass is 9.71. The zero-order chi connectivity index (χ0) is 15.8. The molecule has 0 unspecified atom stereocenters. The van der Waals surface area contributed by atoms with Gasteiger partial charge < -0.3 is 20.8 Å². The molecule has 2 rings (SSSR count). The summed E-state index contributed by atoms with van der Waals surface area (Å²) in [6.45, 7) is 1.35. The Balaban J connectivity index is 0.00000264. The van der Waals surface area contributed by atoms with E-state index in [1.807, 2.05) is 0 Å². The van der Waals surface area contributed by atoms with Gasteiger partial charge in [-0.1, -0.05) is 19.3 Å². The first-order valence-corrected chi connectivity index (χ1v) is 7.94. The topological polar surface area (TPSA) is 97.4 Å². The minimum atomic E-state index is -0.273. The third kappa shape index (κ3) is 5.88. The van der Waals surface area contributed by atoms with E-state index in [0.29, 0.717) is 26.1 Å².